The molecule has 5 rings (SSSR count). The number of carbonyl (C=O) groups is 1. The molecule has 7 nitrogen and oxygen atoms in total. The molecule has 0 radical (unpaired) electrons. The van der Waals surface area contributed by atoms with Crippen LogP contribution in [0.5, 0.6) is 0 Å². The van der Waals surface area contributed by atoms with E-state index in [9.17, 15) is 4.79 Å². The van der Waals surface area contributed by atoms with Gasteiger partial charge in [-0.1, -0.05) is 55.0 Å². The highest BCUT2D eigenvalue weighted by Gasteiger charge is 2.15. The summed E-state index contributed by atoms with van der Waals surface area (Å²) in [6.07, 6.45) is 3.40. The standard InChI is InChI=1S/C23H22N6OS/c1-2-3-12-20-27-28-23(31-20)26-19(30)13-14-29-18-11-7-4-8-15(18)21-22(29)25-17-10-6-5-9-16(17)24-21/h4-11H,2-3,12-14H2,1H3,(H,26,28,30). The van der Waals surface area contributed by atoms with Gasteiger partial charge in [-0.25, -0.2) is 9.97 Å². The molecule has 0 atom stereocenters. The van der Waals surface area contributed by atoms with Crippen molar-refractivity contribution >= 4 is 55.5 Å². The van der Waals surface area contributed by atoms with E-state index in [0.29, 0.717) is 18.1 Å². The van der Waals surface area contributed by atoms with Crippen LogP contribution < -0.4 is 5.32 Å². The molecule has 1 amide bonds. The van der Waals surface area contributed by atoms with Crippen LogP contribution in [0.4, 0.5) is 5.13 Å². The summed E-state index contributed by atoms with van der Waals surface area (Å²) in [4.78, 5) is 22.3. The average Bonchev–Trinajstić information content (AvgIpc) is 3.36. The third-order valence-corrected chi connectivity index (χ3v) is 6.18. The fourth-order valence-electron chi connectivity index (χ4n) is 3.74. The predicted octanol–water partition coefficient (Wildman–Crippen LogP) is 4.96. The Morgan fingerprint density at radius 2 is 1.81 bits per heavy atom. The van der Waals surface area contributed by atoms with E-state index in [2.05, 4.69) is 33.1 Å². The quantitative estimate of drug-likeness (QED) is 0.394. The molecule has 156 valence electrons. The molecule has 5 aromatic rings. The molecule has 0 aliphatic heterocycles. The van der Waals surface area contributed by atoms with Crippen molar-refractivity contribution in [1.29, 1.82) is 0 Å². The number of fused-ring (bicyclic) bond motifs is 4. The van der Waals surface area contributed by atoms with E-state index in [0.717, 1.165) is 57.4 Å². The first-order valence-electron chi connectivity index (χ1n) is 10.5. The van der Waals surface area contributed by atoms with Gasteiger partial charge in [-0.2, -0.15) is 0 Å². The van der Waals surface area contributed by atoms with Crippen LogP contribution in [0.3, 0.4) is 0 Å². The molecule has 0 unspecified atom stereocenters. The molecule has 0 fully saturated rings. The number of hydrogen-bond acceptors (Lipinski definition) is 6. The molecule has 8 heteroatoms. The van der Waals surface area contributed by atoms with Crippen molar-refractivity contribution in [2.45, 2.75) is 39.2 Å². The second-order valence-corrected chi connectivity index (χ2v) is 8.52. The highest BCUT2D eigenvalue weighted by atomic mass is 32.1. The number of para-hydroxylation sites is 3. The number of anilines is 1. The Bertz CT molecular complexity index is 1390. The van der Waals surface area contributed by atoms with Gasteiger partial charge >= 0.3 is 0 Å². The average molecular weight is 431 g/mol. The molecule has 3 aromatic heterocycles. The summed E-state index contributed by atoms with van der Waals surface area (Å²) < 4.78 is 2.08. The molecular weight excluding hydrogens is 408 g/mol. The van der Waals surface area contributed by atoms with Crippen molar-refractivity contribution in [3.05, 3.63) is 53.5 Å². The molecule has 0 aliphatic rings. The predicted molar refractivity (Wildman–Crippen MR) is 124 cm³/mol. The van der Waals surface area contributed by atoms with E-state index >= 15 is 0 Å². The van der Waals surface area contributed by atoms with E-state index in [1.165, 1.54) is 11.3 Å². The highest BCUT2D eigenvalue weighted by Crippen LogP contribution is 2.28. The van der Waals surface area contributed by atoms with Crippen molar-refractivity contribution in [2.75, 3.05) is 5.32 Å². The minimum Gasteiger partial charge on any atom is -0.323 e. The number of carbonyl (C=O) groups excluding carboxylic acids is 1. The second kappa shape index (κ2) is 8.39. The van der Waals surface area contributed by atoms with Crippen molar-refractivity contribution in [3.63, 3.8) is 0 Å². The van der Waals surface area contributed by atoms with Gasteiger partial charge in [-0.15, -0.1) is 10.2 Å². The first-order valence-corrected chi connectivity index (χ1v) is 11.3. The first kappa shape index (κ1) is 19.6. The second-order valence-electron chi connectivity index (χ2n) is 7.46. The first-order chi connectivity index (χ1) is 15.2. The third-order valence-electron chi connectivity index (χ3n) is 5.28. The molecule has 0 saturated carbocycles. The summed E-state index contributed by atoms with van der Waals surface area (Å²) in [5, 5.41) is 13.7. The lowest BCUT2D eigenvalue weighted by atomic mass is 10.2. The van der Waals surface area contributed by atoms with Gasteiger partial charge in [-0.05, 0) is 24.6 Å². The van der Waals surface area contributed by atoms with Gasteiger partial charge in [0.1, 0.15) is 10.5 Å². The Hall–Kier alpha value is -3.39. The number of aryl methyl sites for hydroxylation is 2. The minimum atomic E-state index is -0.0853. The third kappa shape index (κ3) is 3.86. The van der Waals surface area contributed by atoms with Crippen LogP contribution >= 0.6 is 11.3 Å². The van der Waals surface area contributed by atoms with Gasteiger partial charge in [0.2, 0.25) is 11.0 Å². The van der Waals surface area contributed by atoms with Crippen molar-refractivity contribution in [3.8, 4) is 0 Å². The summed E-state index contributed by atoms with van der Waals surface area (Å²) in [6, 6.07) is 16.0. The van der Waals surface area contributed by atoms with E-state index in [-0.39, 0.29) is 5.91 Å². The molecule has 0 spiro atoms. The molecule has 3 heterocycles. The highest BCUT2D eigenvalue weighted by molar-refractivity contribution is 7.15. The lowest BCUT2D eigenvalue weighted by Crippen LogP contribution is -2.14. The lowest BCUT2D eigenvalue weighted by Gasteiger charge is -2.07. The molecule has 0 aliphatic carbocycles. The summed E-state index contributed by atoms with van der Waals surface area (Å²) in [6.45, 7) is 2.65. The van der Waals surface area contributed by atoms with E-state index < -0.39 is 0 Å². The Kier molecular flexibility index (Phi) is 5.30. The van der Waals surface area contributed by atoms with Crippen molar-refractivity contribution in [1.82, 2.24) is 24.7 Å². The van der Waals surface area contributed by atoms with Crippen molar-refractivity contribution < 1.29 is 4.79 Å². The Labute approximate surface area is 183 Å². The summed E-state index contributed by atoms with van der Waals surface area (Å²) >= 11 is 1.45. The fourth-order valence-corrected chi connectivity index (χ4v) is 4.54. The largest absolute Gasteiger partial charge is 0.323 e. The van der Waals surface area contributed by atoms with Gasteiger partial charge in [-0.3, -0.25) is 4.79 Å². The number of rotatable bonds is 7. The summed E-state index contributed by atoms with van der Waals surface area (Å²) in [5.41, 5.74) is 4.39. The number of nitrogens with zero attached hydrogens (tertiary/aromatic N) is 5. The van der Waals surface area contributed by atoms with Gasteiger partial charge in [0.15, 0.2) is 5.65 Å². The SMILES string of the molecule is CCCCc1nnc(NC(=O)CCn2c3ccccc3c3nc4ccccc4nc32)s1. The van der Waals surface area contributed by atoms with Crippen molar-refractivity contribution in [2.24, 2.45) is 0 Å². The van der Waals surface area contributed by atoms with E-state index in [1.807, 2.05) is 42.5 Å². The monoisotopic (exact) mass is 430 g/mol. The maximum Gasteiger partial charge on any atom is 0.227 e. The maximum atomic E-state index is 12.6. The Morgan fingerprint density at radius 3 is 2.65 bits per heavy atom. The van der Waals surface area contributed by atoms with Crippen LogP contribution in [0.2, 0.25) is 0 Å². The summed E-state index contributed by atoms with van der Waals surface area (Å²) in [7, 11) is 0. The van der Waals surface area contributed by atoms with Gasteiger partial charge in [0, 0.05) is 24.8 Å². The number of unbranched alkanes of at least 4 members (excludes halogenated alkanes) is 1. The minimum absolute atomic E-state index is 0.0853. The smallest absolute Gasteiger partial charge is 0.227 e. The summed E-state index contributed by atoms with van der Waals surface area (Å²) in [5.74, 6) is -0.0853. The fraction of sp³-hybridized carbons (Fsp3) is 0.261. The molecule has 0 bridgehead atoms. The van der Waals surface area contributed by atoms with E-state index in [4.69, 9.17) is 9.97 Å². The Morgan fingerprint density at radius 1 is 1.03 bits per heavy atom. The number of amides is 1. The van der Waals surface area contributed by atoms with Gasteiger partial charge < -0.3 is 9.88 Å². The van der Waals surface area contributed by atoms with Crippen LogP contribution in [0.25, 0.3) is 33.1 Å². The molecule has 31 heavy (non-hydrogen) atoms. The van der Waals surface area contributed by atoms with E-state index in [1.54, 1.807) is 0 Å². The van der Waals surface area contributed by atoms with Gasteiger partial charge in [0.25, 0.3) is 0 Å². The van der Waals surface area contributed by atoms with Crippen LogP contribution in [0, 0.1) is 0 Å². The zero-order valence-electron chi connectivity index (χ0n) is 17.2. The topological polar surface area (TPSA) is 85.6 Å². The number of hydrogen-bond donors (Lipinski definition) is 1. The molecular formula is C23H22N6OS. The number of aromatic nitrogens is 5. The number of benzene rings is 2. The van der Waals surface area contributed by atoms with Crippen LogP contribution in [-0.4, -0.2) is 30.6 Å². The molecule has 2 aromatic carbocycles. The zero-order chi connectivity index (χ0) is 21.2. The molecule has 1 N–H and O–H groups in total. The lowest BCUT2D eigenvalue weighted by molar-refractivity contribution is -0.116. The number of nitrogens with one attached hydrogen (secondary N) is 1. The zero-order valence-corrected chi connectivity index (χ0v) is 18.0. The molecule has 0 saturated heterocycles. The van der Waals surface area contributed by atoms with Crippen LogP contribution in [-0.2, 0) is 17.8 Å². The van der Waals surface area contributed by atoms with Gasteiger partial charge in [0.05, 0.1) is 16.6 Å². The van der Waals surface area contributed by atoms with Crippen LogP contribution in [0.15, 0.2) is 48.5 Å². The van der Waals surface area contributed by atoms with Crippen LogP contribution in [0.1, 0.15) is 31.2 Å². The normalized spacial score (nSPS) is 11.5. The Balaban J connectivity index is 1.41. The maximum absolute atomic E-state index is 12.6.